The van der Waals surface area contributed by atoms with E-state index in [-0.39, 0.29) is 30.3 Å². The molecule has 2 unspecified atom stereocenters. The lowest BCUT2D eigenvalue weighted by atomic mass is 9.83. The second-order valence-electron chi connectivity index (χ2n) is 7.24. The van der Waals surface area contributed by atoms with E-state index in [9.17, 15) is 9.59 Å². The summed E-state index contributed by atoms with van der Waals surface area (Å²) < 4.78 is 5.23. The van der Waals surface area contributed by atoms with Crippen LogP contribution in [-0.4, -0.2) is 41.9 Å². The van der Waals surface area contributed by atoms with E-state index in [4.69, 9.17) is 10.2 Å². The van der Waals surface area contributed by atoms with E-state index in [1.165, 1.54) is 25.5 Å². The van der Waals surface area contributed by atoms with E-state index < -0.39 is 6.04 Å². The number of carbonyl (C=O) groups excluding carboxylic acids is 2. The predicted molar refractivity (Wildman–Crippen MR) is 102 cm³/mol. The number of furan rings is 1. The Morgan fingerprint density at radius 2 is 1.92 bits per heavy atom. The number of nitrogens with two attached hydrogens (primary N) is 1. The van der Waals surface area contributed by atoms with Gasteiger partial charge in [-0.15, -0.1) is 12.4 Å². The molecule has 2 amide bonds. The highest BCUT2D eigenvalue weighted by atomic mass is 35.5. The van der Waals surface area contributed by atoms with Crippen molar-refractivity contribution in [3.63, 3.8) is 0 Å². The summed E-state index contributed by atoms with van der Waals surface area (Å²) in [6.45, 7) is 1.05. The van der Waals surface area contributed by atoms with Crippen molar-refractivity contribution in [3.05, 3.63) is 24.2 Å². The molecule has 1 saturated carbocycles. The van der Waals surface area contributed by atoms with Crippen LogP contribution in [0.5, 0.6) is 0 Å². The highest BCUT2D eigenvalue weighted by molar-refractivity contribution is 5.95. The van der Waals surface area contributed by atoms with Gasteiger partial charge in [-0.1, -0.05) is 19.3 Å². The van der Waals surface area contributed by atoms with Crippen molar-refractivity contribution in [3.8, 4) is 0 Å². The quantitative estimate of drug-likeness (QED) is 0.818. The molecule has 1 aliphatic carbocycles. The van der Waals surface area contributed by atoms with Crippen LogP contribution in [0.15, 0.2) is 22.8 Å². The van der Waals surface area contributed by atoms with Crippen molar-refractivity contribution >= 4 is 24.2 Å². The average Bonchev–Trinajstić information content (AvgIpc) is 3.21. The molecule has 146 valence electrons. The summed E-state index contributed by atoms with van der Waals surface area (Å²) in [7, 11) is 0. The lowest BCUT2D eigenvalue weighted by Crippen LogP contribution is -2.56. The van der Waals surface area contributed by atoms with Crippen molar-refractivity contribution in [1.82, 2.24) is 10.2 Å². The van der Waals surface area contributed by atoms with Crippen LogP contribution in [0.4, 0.5) is 0 Å². The van der Waals surface area contributed by atoms with Gasteiger partial charge in [0.15, 0.2) is 5.76 Å². The third-order valence-electron chi connectivity index (χ3n) is 5.60. The van der Waals surface area contributed by atoms with Crippen LogP contribution < -0.4 is 11.1 Å². The molecule has 6 nitrogen and oxygen atoms in total. The van der Waals surface area contributed by atoms with E-state index in [0.717, 1.165) is 25.7 Å². The molecule has 7 heteroatoms. The SMILES string of the molecule is Cl.NCC(NC(=O)C1CCCCN1C(=O)c1ccco1)C1CCCCC1. The standard InChI is InChI=1S/C19H29N3O3.ClH/c20-13-15(14-7-2-1-3-8-14)21-18(23)16-9-4-5-11-22(16)19(24)17-10-6-12-25-17;/h6,10,12,14-16H,1-5,7-9,11,13,20H2,(H,21,23);1H. The van der Waals surface area contributed by atoms with Crippen molar-refractivity contribution in [1.29, 1.82) is 0 Å². The number of rotatable bonds is 5. The lowest BCUT2D eigenvalue weighted by molar-refractivity contribution is -0.127. The number of nitrogens with zero attached hydrogens (tertiary/aromatic N) is 1. The molecule has 2 fully saturated rings. The van der Waals surface area contributed by atoms with Crippen LogP contribution in [0.25, 0.3) is 0 Å². The van der Waals surface area contributed by atoms with Crippen LogP contribution in [0.1, 0.15) is 61.9 Å². The van der Waals surface area contributed by atoms with E-state index in [0.29, 0.717) is 31.2 Å². The largest absolute Gasteiger partial charge is 0.459 e. The Balaban J connectivity index is 0.00000243. The summed E-state index contributed by atoms with van der Waals surface area (Å²) in [5, 5.41) is 3.15. The van der Waals surface area contributed by atoms with Crippen LogP contribution in [0, 0.1) is 5.92 Å². The number of likely N-dealkylation sites (tertiary alicyclic amines) is 1. The molecule has 1 aromatic rings. The lowest BCUT2D eigenvalue weighted by Gasteiger charge is -2.36. The Bertz CT molecular complexity index is 573. The molecule has 1 aromatic heterocycles. The Hall–Kier alpha value is -1.53. The molecule has 2 aliphatic rings. The minimum Gasteiger partial charge on any atom is -0.459 e. The first-order valence-electron chi connectivity index (χ1n) is 9.55. The molecular formula is C19H30ClN3O3. The van der Waals surface area contributed by atoms with E-state index in [1.807, 2.05) is 0 Å². The number of carbonyl (C=O) groups is 2. The molecule has 0 spiro atoms. The number of halogens is 1. The first-order valence-corrected chi connectivity index (χ1v) is 9.55. The second-order valence-corrected chi connectivity index (χ2v) is 7.24. The summed E-state index contributed by atoms with van der Waals surface area (Å²) >= 11 is 0. The molecule has 3 rings (SSSR count). The minimum absolute atomic E-state index is 0. The van der Waals surface area contributed by atoms with E-state index >= 15 is 0 Å². The number of piperidine rings is 1. The van der Waals surface area contributed by atoms with E-state index in [1.54, 1.807) is 17.0 Å². The molecule has 2 atom stereocenters. The fraction of sp³-hybridized carbons (Fsp3) is 0.684. The fourth-order valence-corrected chi connectivity index (χ4v) is 4.17. The molecule has 3 N–H and O–H groups in total. The van der Waals surface area contributed by atoms with Crippen LogP contribution in [-0.2, 0) is 4.79 Å². The summed E-state index contributed by atoms with van der Waals surface area (Å²) in [4.78, 5) is 27.2. The molecule has 2 heterocycles. The smallest absolute Gasteiger partial charge is 0.290 e. The topological polar surface area (TPSA) is 88.6 Å². The van der Waals surface area contributed by atoms with Gasteiger partial charge < -0.3 is 20.4 Å². The maximum absolute atomic E-state index is 12.9. The Morgan fingerprint density at radius 1 is 1.19 bits per heavy atom. The van der Waals surface area contributed by atoms with Gasteiger partial charge in [0.1, 0.15) is 6.04 Å². The third-order valence-corrected chi connectivity index (χ3v) is 5.60. The Kier molecular flexibility index (Phi) is 7.97. The highest BCUT2D eigenvalue weighted by Crippen LogP contribution is 2.27. The van der Waals surface area contributed by atoms with Gasteiger partial charge in [-0.3, -0.25) is 9.59 Å². The summed E-state index contributed by atoms with van der Waals surface area (Å²) in [5.41, 5.74) is 5.94. The van der Waals surface area contributed by atoms with Crippen LogP contribution in [0.2, 0.25) is 0 Å². The Labute approximate surface area is 161 Å². The first-order chi connectivity index (χ1) is 12.2. The van der Waals surface area contributed by atoms with Crippen LogP contribution in [0.3, 0.4) is 0 Å². The molecule has 0 radical (unpaired) electrons. The molecule has 0 bridgehead atoms. The van der Waals surface area contributed by atoms with Crippen LogP contribution >= 0.6 is 12.4 Å². The summed E-state index contributed by atoms with van der Waals surface area (Å²) in [6.07, 6.45) is 10.0. The first kappa shape index (κ1) is 20.8. The maximum Gasteiger partial charge on any atom is 0.290 e. The molecule has 1 aliphatic heterocycles. The number of nitrogens with one attached hydrogen (secondary N) is 1. The van der Waals surface area contributed by atoms with Crippen molar-refractivity contribution < 1.29 is 14.0 Å². The van der Waals surface area contributed by atoms with Gasteiger partial charge in [0, 0.05) is 19.1 Å². The Morgan fingerprint density at radius 3 is 2.58 bits per heavy atom. The third kappa shape index (κ3) is 4.80. The fourth-order valence-electron chi connectivity index (χ4n) is 4.17. The van der Waals surface area contributed by atoms with E-state index in [2.05, 4.69) is 5.32 Å². The van der Waals surface area contributed by atoms with Crippen molar-refractivity contribution in [2.24, 2.45) is 11.7 Å². The second kappa shape index (κ2) is 9.97. The van der Waals surface area contributed by atoms with Crippen molar-refractivity contribution in [2.75, 3.05) is 13.1 Å². The zero-order valence-corrected chi connectivity index (χ0v) is 16.0. The molecule has 1 saturated heterocycles. The number of amides is 2. The minimum atomic E-state index is -0.427. The monoisotopic (exact) mass is 383 g/mol. The predicted octanol–water partition coefficient (Wildman–Crippen LogP) is 2.72. The molecule has 0 aromatic carbocycles. The van der Waals surface area contributed by atoms with Gasteiger partial charge >= 0.3 is 0 Å². The highest BCUT2D eigenvalue weighted by Gasteiger charge is 2.35. The molecular weight excluding hydrogens is 354 g/mol. The maximum atomic E-state index is 12.9. The van der Waals surface area contributed by atoms with Gasteiger partial charge in [-0.25, -0.2) is 0 Å². The van der Waals surface area contributed by atoms with Gasteiger partial charge in [-0.2, -0.15) is 0 Å². The number of hydrogen-bond donors (Lipinski definition) is 2. The zero-order chi connectivity index (χ0) is 17.6. The normalized spacial score (nSPS) is 22.3. The molecule has 26 heavy (non-hydrogen) atoms. The van der Waals surface area contributed by atoms with Gasteiger partial charge in [-0.05, 0) is 50.2 Å². The van der Waals surface area contributed by atoms with Crippen molar-refractivity contribution in [2.45, 2.75) is 63.5 Å². The average molecular weight is 384 g/mol. The van der Waals surface area contributed by atoms with Gasteiger partial charge in [0.2, 0.25) is 5.91 Å². The zero-order valence-electron chi connectivity index (χ0n) is 15.2. The van der Waals surface area contributed by atoms with Gasteiger partial charge in [0.05, 0.1) is 6.26 Å². The van der Waals surface area contributed by atoms with Gasteiger partial charge in [0.25, 0.3) is 5.91 Å². The summed E-state index contributed by atoms with van der Waals surface area (Å²) in [6, 6.07) is 2.93. The summed E-state index contributed by atoms with van der Waals surface area (Å²) in [5.74, 6) is 0.482. The number of hydrogen-bond acceptors (Lipinski definition) is 4.